The lowest BCUT2D eigenvalue weighted by atomic mass is 10.3. The minimum Gasteiger partial charge on any atom is -0.481 e. The lowest BCUT2D eigenvalue weighted by Crippen LogP contribution is -2.39. The molecule has 0 aliphatic carbocycles. The molecular weight excluding hydrogens is 196 g/mol. The van der Waals surface area contributed by atoms with Crippen molar-refractivity contribution in [3.63, 3.8) is 0 Å². The molecule has 0 amide bonds. The summed E-state index contributed by atoms with van der Waals surface area (Å²) in [6.45, 7) is 8.29. The predicted octanol–water partition coefficient (Wildman–Crippen LogP) is 2.87. The van der Waals surface area contributed by atoms with E-state index in [4.69, 9.17) is 9.53 Å². The third-order valence-corrected chi connectivity index (χ3v) is 7.61. The summed E-state index contributed by atoms with van der Waals surface area (Å²) in [5.41, 5.74) is 0. The van der Waals surface area contributed by atoms with Crippen LogP contribution in [0.3, 0.4) is 0 Å². The van der Waals surface area contributed by atoms with E-state index < -0.39 is 14.3 Å². The molecule has 0 aromatic carbocycles. The standard InChI is InChI=1S/C10H22O3Si/c1-5-14(6-2,7-3)13-9(4)8-10(11)12/h9H,5-8H2,1-4H3,(H,11,12). The normalized spacial score (nSPS) is 14.0. The van der Waals surface area contributed by atoms with Crippen molar-refractivity contribution in [2.45, 2.75) is 58.4 Å². The van der Waals surface area contributed by atoms with Crippen LogP contribution in [0, 0.1) is 0 Å². The minimum absolute atomic E-state index is 0.120. The van der Waals surface area contributed by atoms with Gasteiger partial charge in [-0.3, -0.25) is 4.79 Å². The fraction of sp³-hybridized carbons (Fsp3) is 0.900. The second-order valence-electron chi connectivity index (χ2n) is 3.77. The topological polar surface area (TPSA) is 46.5 Å². The number of hydrogen-bond acceptors (Lipinski definition) is 2. The van der Waals surface area contributed by atoms with Crippen molar-refractivity contribution >= 4 is 14.3 Å². The first-order valence-corrected chi connectivity index (χ1v) is 7.92. The van der Waals surface area contributed by atoms with Crippen LogP contribution in [0.25, 0.3) is 0 Å². The molecule has 0 saturated carbocycles. The first-order valence-electron chi connectivity index (χ1n) is 5.39. The van der Waals surface area contributed by atoms with Crippen LogP contribution < -0.4 is 0 Å². The highest BCUT2D eigenvalue weighted by Gasteiger charge is 2.31. The monoisotopic (exact) mass is 218 g/mol. The third-order valence-electron chi connectivity index (χ3n) is 2.85. The maximum Gasteiger partial charge on any atom is 0.305 e. The van der Waals surface area contributed by atoms with E-state index in [1.165, 1.54) is 0 Å². The van der Waals surface area contributed by atoms with E-state index >= 15 is 0 Å². The summed E-state index contributed by atoms with van der Waals surface area (Å²) in [6, 6.07) is 3.22. The predicted molar refractivity (Wildman–Crippen MR) is 60.0 cm³/mol. The van der Waals surface area contributed by atoms with Gasteiger partial charge >= 0.3 is 5.97 Å². The Hall–Kier alpha value is -0.353. The van der Waals surface area contributed by atoms with Crippen molar-refractivity contribution in [1.82, 2.24) is 0 Å². The maximum absolute atomic E-state index is 10.5. The largest absolute Gasteiger partial charge is 0.481 e. The van der Waals surface area contributed by atoms with Crippen LogP contribution in [-0.4, -0.2) is 25.5 Å². The Bertz CT molecular complexity index is 170. The van der Waals surface area contributed by atoms with Gasteiger partial charge < -0.3 is 9.53 Å². The molecule has 1 N–H and O–H groups in total. The first-order chi connectivity index (χ1) is 6.49. The molecule has 0 radical (unpaired) electrons. The molecule has 3 nitrogen and oxygen atoms in total. The second-order valence-corrected chi connectivity index (χ2v) is 8.49. The maximum atomic E-state index is 10.5. The Balaban J connectivity index is 4.21. The van der Waals surface area contributed by atoms with Crippen LogP contribution >= 0.6 is 0 Å². The zero-order valence-electron chi connectivity index (χ0n) is 9.67. The van der Waals surface area contributed by atoms with Crippen LogP contribution in [0.5, 0.6) is 0 Å². The number of carboxylic acid groups (broad SMARTS) is 1. The summed E-state index contributed by atoms with van der Waals surface area (Å²) < 4.78 is 5.95. The van der Waals surface area contributed by atoms with Gasteiger partial charge in [0.05, 0.1) is 12.5 Å². The highest BCUT2D eigenvalue weighted by Crippen LogP contribution is 2.23. The number of rotatable bonds is 7. The zero-order valence-corrected chi connectivity index (χ0v) is 10.7. The smallest absolute Gasteiger partial charge is 0.305 e. The molecule has 0 aliphatic heterocycles. The van der Waals surface area contributed by atoms with Gasteiger partial charge in [0.1, 0.15) is 0 Å². The van der Waals surface area contributed by atoms with E-state index in [1.807, 2.05) is 6.92 Å². The summed E-state index contributed by atoms with van der Waals surface area (Å²) in [6.07, 6.45) is -0.0200. The van der Waals surface area contributed by atoms with Crippen LogP contribution in [0.15, 0.2) is 0 Å². The molecule has 0 spiro atoms. The highest BCUT2D eigenvalue weighted by atomic mass is 28.4. The lowest BCUT2D eigenvalue weighted by molar-refractivity contribution is -0.138. The Morgan fingerprint density at radius 1 is 1.29 bits per heavy atom. The molecule has 1 atom stereocenters. The summed E-state index contributed by atoms with van der Waals surface area (Å²) in [5.74, 6) is -0.774. The SMILES string of the molecule is CC[Si](CC)(CC)OC(C)CC(=O)O. The summed E-state index contributed by atoms with van der Waals surface area (Å²) >= 11 is 0. The fourth-order valence-corrected chi connectivity index (χ4v) is 4.65. The molecular formula is C10H22O3Si. The molecule has 14 heavy (non-hydrogen) atoms. The number of aliphatic carboxylic acids is 1. The van der Waals surface area contributed by atoms with Gasteiger partial charge in [-0.2, -0.15) is 0 Å². The molecule has 4 heteroatoms. The number of carbonyl (C=O) groups is 1. The van der Waals surface area contributed by atoms with E-state index in [1.54, 1.807) is 0 Å². The average molecular weight is 218 g/mol. The van der Waals surface area contributed by atoms with E-state index in [0.29, 0.717) is 0 Å². The number of carboxylic acids is 1. The second kappa shape index (κ2) is 6.19. The summed E-state index contributed by atoms with van der Waals surface area (Å²) in [5, 5.41) is 8.63. The van der Waals surface area contributed by atoms with Gasteiger partial charge in [-0.1, -0.05) is 20.8 Å². The van der Waals surface area contributed by atoms with Crippen molar-refractivity contribution < 1.29 is 14.3 Å². The summed E-state index contributed by atoms with van der Waals surface area (Å²) in [4.78, 5) is 10.5. The molecule has 0 saturated heterocycles. The van der Waals surface area contributed by atoms with Crippen molar-refractivity contribution in [2.24, 2.45) is 0 Å². The van der Waals surface area contributed by atoms with E-state index in [-0.39, 0.29) is 12.5 Å². The first kappa shape index (κ1) is 13.6. The number of hydrogen-bond donors (Lipinski definition) is 1. The lowest BCUT2D eigenvalue weighted by Gasteiger charge is -2.31. The van der Waals surface area contributed by atoms with Crippen molar-refractivity contribution in [3.8, 4) is 0 Å². The quantitative estimate of drug-likeness (QED) is 0.668. The Morgan fingerprint density at radius 3 is 2.00 bits per heavy atom. The minimum atomic E-state index is -1.61. The van der Waals surface area contributed by atoms with Gasteiger partial charge in [0.15, 0.2) is 8.32 Å². The Morgan fingerprint density at radius 2 is 1.71 bits per heavy atom. The fourth-order valence-electron chi connectivity index (χ4n) is 1.71. The molecule has 0 heterocycles. The van der Waals surface area contributed by atoms with E-state index in [9.17, 15) is 4.79 Å². The molecule has 0 fully saturated rings. The highest BCUT2D eigenvalue weighted by molar-refractivity contribution is 6.73. The van der Waals surface area contributed by atoms with Crippen LogP contribution in [0.2, 0.25) is 18.1 Å². The van der Waals surface area contributed by atoms with E-state index in [0.717, 1.165) is 18.1 Å². The molecule has 0 aromatic heterocycles. The van der Waals surface area contributed by atoms with E-state index in [2.05, 4.69) is 20.8 Å². The molecule has 0 aliphatic rings. The van der Waals surface area contributed by atoms with Gasteiger partial charge in [0, 0.05) is 0 Å². The third kappa shape index (κ3) is 4.24. The van der Waals surface area contributed by atoms with Crippen LogP contribution in [-0.2, 0) is 9.22 Å². The molecule has 1 unspecified atom stereocenters. The van der Waals surface area contributed by atoms with Crippen molar-refractivity contribution in [2.75, 3.05) is 0 Å². The van der Waals surface area contributed by atoms with Crippen LogP contribution in [0.4, 0.5) is 0 Å². The van der Waals surface area contributed by atoms with Gasteiger partial charge in [-0.05, 0) is 25.1 Å². The van der Waals surface area contributed by atoms with Gasteiger partial charge in [0.2, 0.25) is 0 Å². The van der Waals surface area contributed by atoms with Gasteiger partial charge in [-0.25, -0.2) is 0 Å². The van der Waals surface area contributed by atoms with Crippen LogP contribution in [0.1, 0.15) is 34.1 Å². The molecule has 0 bridgehead atoms. The molecule has 84 valence electrons. The molecule has 0 rings (SSSR count). The molecule has 0 aromatic rings. The van der Waals surface area contributed by atoms with Crippen molar-refractivity contribution in [1.29, 1.82) is 0 Å². The Kier molecular flexibility index (Phi) is 6.03. The Labute approximate surface area is 87.6 Å². The zero-order chi connectivity index (χ0) is 11.2. The van der Waals surface area contributed by atoms with Gasteiger partial charge in [-0.15, -0.1) is 0 Å². The van der Waals surface area contributed by atoms with Crippen molar-refractivity contribution in [3.05, 3.63) is 0 Å². The average Bonchev–Trinajstić information content (AvgIpc) is 2.13. The van der Waals surface area contributed by atoms with Gasteiger partial charge in [0.25, 0.3) is 0 Å². The summed E-state index contributed by atoms with van der Waals surface area (Å²) in [7, 11) is -1.61.